The molecular weight excluding hydrogens is 210 g/mol. The van der Waals surface area contributed by atoms with E-state index in [1.165, 1.54) is 32.6 Å². The van der Waals surface area contributed by atoms with E-state index in [-0.39, 0.29) is 0 Å². The fraction of sp³-hybridized carbons (Fsp3) is 1.00. The first-order valence-corrected chi connectivity index (χ1v) is 7.26. The fourth-order valence-electron chi connectivity index (χ4n) is 2.86. The fourth-order valence-corrected chi connectivity index (χ4v) is 2.86. The van der Waals surface area contributed by atoms with Gasteiger partial charge in [-0.3, -0.25) is 4.90 Å². The Morgan fingerprint density at radius 2 is 1.88 bits per heavy atom. The second-order valence-corrected chi connectivity index (χ2v) is 5.77. The standard InChI is InChI=1S/C14H31N3/c1-6-15-14-7-8-16(11-14)9-10-17(12(2)3)13(4)5/h12-15H,6-11H2,1-5H3. The van der Waals surface area contributed by atoms with Gasteiger partial charge < -0.3 is 10.2 Å². The minimum atomic E-state index is 0.655. The molecule has 1 N–H and O–H groups in total. The van der Waals surface area contributed by atoms with Crippen molar-refractivity contribution in [3.63, 3.8) is 0 Å². The van der Waals surface area contributed by atoms with E-state index in [0.717, 1.165) is 12.6 Å². The van der Waals surface area contributed by atoms with Gasteiger partial charge in [0.1, 0.15) is 0 Å². The molecule has 1 saturated heterocycles. The van der Waals surface area contributed by atoms with Crippen LogP contribution in [0.3, 0.4) is 0 Å². The first-order valence-electron chi connectivity index (χ1n) is 7.26. The second kappa shape index (κ2) is 7.34. The van der Waals surface area contributed by atoms with Crippen LogP contribution in [0.4, 0.5) is 0 Å². The predicted octanol–water partition coefficient (Wildman–Crippen LogP) is 1.79. The van der Waals surface area contributed by atoms with E-state index < -0.39 is 0 Å². The van der Waals surface area contributed by atoms with Gasteiger partial charge in [0.2, 0.25) is 0 Å². The number of likely N-dealkylation sites (tertiary alicyclic amines) is 1. The zero-order chi connectivity index (χ0) is 12.8. The molecule has 1 rings (SSSR count). The second-order valence-electron chi connectivity index (χ2n) is 5.77. The average molecular weight is 241 g/mol. The van der Waals surface area contributed by atoms with Gasteiger partial charge in [-0.2, -0.15) is 0 Å². The minimum Gasteiger partial charge on any atom is -0.313 e. The molecule has 1 heterocycles. The summed E-state index contributed by atoms with van der Waals surface area (Å²) in [6.07, 6.45) is 1.32. The SMILES string of the molecule is CCNC1CCN(CCN(C(C)C)C(C)C)C1. The molecule has 3 heteroatoms. The Labute approximate surface area is 108 Å². The van der Waals surface area contributed by atoms with Crippen LogP contribution in [0, 0.1) is 0 Å². The molecule has 1 aliphatic rings. The van der Waals surface area contributed by atoms with E-state index in [0.29, 0.717) is 12.1 Å². The van der Waals surface area contributed by atoms with Crippen LogP contribution in [0.25, 0.3) is 0 Å². The number of nitrogens with zero attached hydrogens (tertiary/aromatic N) is 2. The summed E-state index contributed by atoms with van der Waals surface area (Å²) < 4.78 is 0. The number of nitrogens with one attached hydrogen (secondary N) is 1. The van der Waals surface area contributed by atoms with Crippen molar-refractivity contribution in [2.45, 2.75) is 59.2 Å². The first kappa shape index (κ1) is 14.9. The van der Waals surface area contributed by atoms with E-state index in [4.69, 9.17) is 0 Å². The zero-order valence-corrected chi connectivity index (χ0v) is 12.4. The summed E-state index contributed by atoms with van der Waals surface area (Å²) in [6.45, 7) is 17.4. The van der Waals surface area contributed by atoms with Crippen LogP contribution < -0.4 is 5.32 Å². The maximum absolute atomic E-state index is 3.55. The molecule has 1 atom stereocenters. The van der Waals surface area contributed by atoms with Gasteiger partial charge in [0, 0.05) is 37.8 Å². The topological polar surface area (TPSA) is 18.5 Å². The van der Waals surface area contributed by atoms with Crippen molar-refractivity contribution in [2.75, 3.05) is 32.7 Å². The highest BCUT2D eigenvalue weighted by Crippen LogP contribution is 2.10. The van der Waals surface area contributed by atoms with Gasteiger partial charge in [0.15, 0.2) is 0 Å². The smallest absolute Gasteiger partial charge is 0.0207 e. The summed E-state index contributed by atoms with van der Waals surface area (Å²) in [5.74, 6) is 0. The van der Waals surface area contributed by atoms with Crippen molar-refractivity contribution in [2.24, 2.45) is 0 Å². The Bertz CT molecular complexity index is 196. The highest BCUT2D eigenvalue weighted by Gasteiger charge is 2.22. The number of hydrogen-bond acceptors (Lipinski definition) is 3. The van der Waals surface area contributed by atoms with Crippen LogP contribution in [0.15, 0.2) is 0 Å². The lowest BCUT2D eigenvalue weighted by Gasteiger charge is -2.32. The third kappa shape index (κ3) is 4.94. The molecular formula is C14H31N3. The maximum Gasteiger partial charge on any atom is 0.0207 e. The summed E-state index contributed by atoms with van der Waals surface area (Å²) >= 11 is 0. The lowest BCUT2D eigenvalue weighted by molar-refractivity contribution is 0.151. The van der Waals surface area contributed by atoms with Gasteiger partial charge >= 0.3 is 0 Å². The van der Waals surface area contributed by atoms with E-state index in [1.54, 1.807) is 0 Å². The highest BCUT2D eigenvalue weighted by molar-refractivity contribution is 4.81. The Morgan fingerprint density at radius 1 is 1.24 bits per heavy atom. The molecule has 0 saturated carbocycles. The molecule has 0 aromatic carbocycles. The Balaban J connectivity index is 2.26. The zero-order valence-electron chi connectivity index (χ0n) is 12.4. The van der Waals surface area contributed by atoms with Crippen molar-refractivity contribution in [1.82, 2.24) is 15.1 Å². The van der Waals surface area contributed by atoms with Gasteiger partial charge in [-0.15, -0.1) is 0 Å². The van der Waals surface area contributed by atoms with Crippen LogP contribution >= 0.6 is 0 Å². The lowest BCUT2D eigenvalue weighted by atomic mass is 10.2. The normalized spacial score (nSPS) is 22.2. The Hall–Kier alpha value is -0.120. The van der Waals surface area contributed by atoms with Crippen LogP contribution in [-0.2, 0) is 0 Å². The van der Waals surface area contributed by atoms with E-state index in [9.17, 15) is 0 Å². The summed E-state index contributed by atoms with van der Waals surface area (Å²) in [4.78, 5) is 5.19. The van der Waals surface area contributed by atoms with Crippen molar-refractivity contribution in [3.8, 4) is 0 Å². The summed E-state index contributed by atoms with van der Waals surface area (Å²) in [7, 11) is 0. The van der Waals surface area contributed by atoms with Crippen molar-refractivity contribution in [1.29, 1.82) is 0 Å². The average Bonchev–Trinajstić information content (AvgIpc) is 2.65. The van der Waals surface area contributed by atoms with E-state index in [1.807, 2.05) is 0 Å². The molecule has 1 unspecified atom stereocenters. The molecule has 0 amide bonds. The molecule has 0 radical (unpaired) electrons. The summed E-state index contributed by atoms with van der Waals surface area (Å²) in [6, 6.07) is 2.04. The van der Waals surface area contributed by atoms with E-state index >= 15 is 0 Å². The highest BCUT2D eigenvalue weighted by atomic mass is 15.2. The third-order valence-corrected chi connectivity index (χ3v) is 3.77. The van der Waals surface area contributed by atoms with Gasteiger partial charge in [0.05, 0.1) is 0 Å². The molecule has 17 heavy (non-hydrogen) atoms. The number of rotatable bonds is 7. The number of hydrogen-bond donors (Lipinski definition) is 1. The predicted molar refractivity (Wildman–Crippen MR) is 75.5 cm³/mol. The quantitative estimate of drug-likeness (QED) is 0.733. The van der Waals surface area contributed by atoms with Crippen LogP contribution in [-0.4, -0.2) is 60.6 Å². The van der Waals surface area contributed by atoms with Crippen LogP contribution in [0.5, 0.6) is 0 Å². The molecule has 1 fully saturated rings. The van der Waals surface area contributed by atoms with Crippen molar-refractivity contribution < 1.29 is 0 Å². The first-order chi connectivity index (χ1) is 8.04. The third-order valence-electron chi connectivity index (χ3n) is 3.77. The van der Waals surface area contributed by atoms with Gasteiger partial charge in [-0.25, -0.2) is 0 Å². The van der Waals surface area contributed by atoms with Crippen molar-refractivity contribution in [3.05, 3.63) is 0 Å². The molecule has 0 spiro atoms. The molecule has 102 valence electrons. The molecule has 0 aliphatic carbocycles. The largest absolute Gasteiger partial charge is 0.313 e. The number of likely N-dealkylation sites (N-methyl/N-ethyl adjacent to an activating group) is 1. The monoisotopic (exact) mass is 241 g/mol. The molecule has 0 aromatic heterocycles. The van der Waals surface area contributed by atoms with Gasteiger partial charge in [-0.05, 0) is 47.2 Å². The summed E-state index contributed by atoms with van der Waals surface area (Å²) in [5, 5.41) is 3.55. The molecule has 1 aliphatic heterocycles. The maximum atomic E-state index is 3.55. The van der Waals surface area contributed by atoms with Crippen LogP contribution in [0.2, 0.25) is 0 Å². The van der Waals surface area contributed by atoms with Crippen LogP contribution in [0.1, 0.15) is 41.0 Å². The lowest BCUT2D eigenvalue weighted by Crippen LogP contribution is -2.42. The molecule has 0 bridgehead atoms. The molecule has 3 nitrogen and oxygen atoms in total. The Kier molecular flexibility index (Phi) is 6.45. The van der Waals surface area contributed by atoms with Crippen molar-refractivity contribution >= 4 is 0 Å². The minimum absolute atomic E-state index is 0.655. The van der Waals surface area contributed by atoms with E-state index in [2.05, 4.69) is 49.7 Å². The molecule has 0 aromatic rings. The summed E-state index contributed by atoms with van der Waals surface area (Å²) in [5.41, 5.74) is 0. The Morgan fingerprint density at radius 3 is 2.41 bits per heavy atom. The van der Waals surface area contributed by atoms with Gasteiger partial charge in [-0.1, -0.05) is 6.92 Å². The van der Waals surface area contributed by atoms with Gasteiger partial charge in [0.25, 0.3) is 0 Å².